The van der Waals surface area contributed by atoms with Crippen LogP contribution in [0.2, 0.25) is 0 Å². The number of carbonyl (C=O) groups excluding carboxylic acids is 1. The maximum absolute atomic E-state index is 12.6. The van der Waals surface area contributed by atoms with Crippen LogP contribution in [-0.2, 0) is 0 Å². The second-order valence-electron chi connectivity index (χ2n) is 6.75. The molecule has 1 N–H and O–H groups in total. The van der Waals surface area contributed by atoms with Gasteiger partial charge in [0.2, 0.25) is 5.16 Å². The van der Waals surface area contributed by atoms with E-state index in [1.165, 1.54) is 0 Å². The van der Waals surface area contributed by atoms with E-state index in [1.807, 2.05) is 62.4 Å². The fourth-order valence-electron chi connectivity index (χ4n) is 2.94. The van der Waals surface area contributed by atoms with E-state index in [9.17, 15) is 4.79 Å². The minimum atomic E-state index is -0.195. The Morgan fingerprint density at radius 2 is 1.81 bits per heavy atom. The third kappa shape index (κ3) is 5.10. The summed E-state index contributed by atoms with van der Waals surface area (Å²) in [6.45, 7) is 4.06. The lowest BCUT2D eigenvalue weighted by Gasteiger charge is -2.09. The molecule has 0 aliphatic rings. The number of nitrogens with one attached hydrogen (secondary N) is 1. The van der Waals surface area contributed by atoms with Crippen LogP contribution in [0.3, 0.4) is 0 Å². The van der Waals surface area contributed by atoms with Crippen molar-refractivity contribution in [3.8, 4) is 17.2 Å². The molecule has 0 fully saturated rings. The molecule has 0 radical (unpaired) electrons. The van der Waals surface area contributed by atoms with Crippen LogP contribution in [0.25, 0.3) is 5.69 Å². The summed E-state index contributed by atoms with van der Waals surface area (Å²) in [5, 5.41) is 15.4. The van der Waals surface area contributed by atoms with Crippen molar-refractivity contribution in [2.75, 3.05) is 11.1 Å². The maximum atomic E-state index is 12.6. The minimum Gasteiger partial charge on any atom is -0.457 e. The van der Waals surface area contributed by atoms with E-state index in [2.05, 4.69) is 20.8 Å². The summed E-state index contributed by atoms with van der Waals surface area (Å²) >= 11 is 1.56. The van der Waals surface area contributed by atoms with Crippen molar-refractivity contribution in [1.82, 2.24) is 20.2 Å². The fourth-order valence-corrected chi connectivity index (χ4v) is 3.56. The van der Waals surface area contributed by atoms with Gasteiger partial charge in [0, 0.05) is 11.3 Å². The Morgan fingerprint density at radius 3 is 2.52 bits per heavy atom. The number of amides is 1. The molecule has 0 bridgehead atoms. The molecule has 1 amide bonds. The largest absolute Gasteiger partial charge is 0.457 e. The zero-order valence-corrected chi connectivity index (χ0v) is 18.0. The molecule has 1 aromatic heterocycles. The van der Waals surface area contributed by atoms with E-state index in [0.29, 0.717) is 17.0 Å². The molecule has 0 aliphatic carbocycles. The second kappa shape index (κ2) is 9.44. The van der Waals surface area contributed by atoms with Crippen LogP contribution >= 0.6 is 11.8 Å². The van der Waals surface area contributed by atoms with E-state index < -0.39 is 0 Å². The molecule has 31 heavy (non-hydrogen) atoms. The predicted octanol–water partition coefficient (Wildman–Crippen LogP) is 5.13. The van der Waals surface area contributed by atoms with Gasteiger partial charge in [-0.2, -0.15) is 4.68 Å². The number of anilines is 1. The quantitative estimate of drug-likeness (QED) is 0.409. The van der Waals surface area contributed by atoms with Gasteiger partial charge in [-0.05, 0) is 89.3 Å². The molecular formula is C23H21N5O2S. The van der Waals surface area contributed by atoms with Crippen LogP contribution in [0.5, 0.6) is 11.5 Å². The van der Waals surface area contributed by atoms with Crippen molar-refractivity contribution < 1.29 is 9.53 Å². The first-order valence-electron chi connectivity index (χ1n) is 9.80. The van der Waals surface area contributed by atoms with Crippen molar-refractivity contribution in [3.63, 3.8) is 0 Å². The van der Waals surface area contributed by atoms with Gasteiger partial charge in [-0.1, -0.05) is 30.8 Å². The summed E-state index contributed by atoms with van der Waals surface area (Å²) in [5.74, 6) is 2.12. The van der Waals surface area contributed by atoms with Gasteiger partial charge < -0.3 is 10.1 Å². The zero-order chi connectivity index (χ0) is 21.6. The Balaban J connectivity index is 1.40. The number of aromatic nitrogens is 4. The third-order valence-electron chi connectivity index (χ3n) is 4.43. The van der Waals surface area contributed by atoms with Crippen molar-refractivity contribution in [2.45, 2.75) is 19.0 Å². The molecule has 1 heterocycles. The number of hydrogen-bond acceptors (Lipinski definition) is 6. The third-order valence-corrected chi connectivity index (χ3v) is 5.23. The molecule has 8 heteroatoms. The lowest BCUT2D eigenvalue weighted by Crippen LogP contribution is -2.11. The van der Waals surface area contributed by atoms with Gasteiger partial charge in [-0.3, -0.25) is 4.79 Å². The number of hydrogen-bond donors (Lipinski definition) is 1. The van der Waals surface area contributed by atoms with Crippen molar-refractivity contribution in [2.24, 2.45) is 0 Å². The molecule has 7 nitrogen and oxygen atoms in total. The number of tetrazole rings is 1. The van der Waals surface area contributed by atoms with Crippen LogP contribution in [0, 0.1) is 6.92 Å². The monoisotopic (exact) mass is 431 g/mol. The number of benzene rings is 3. The summed E-state index contributed by atoms with van der Waals surface area (Å²) in [5.41, 5.74) is 3.19. The molecule has 4 rings (SSSR count). The maximum Gasteiger partial charge on any atom is 0.255 e. The predicted molar refractivity (Wildman–Crippen MR) is 121 cm³/mol. The second-order valence-corrected chi connectivity index (χ2v) is 7.98. The summed E-state index contributed by atoms with van der Waals surface area (Å²) in [7, 11) is 0. The SMILES string of the molecule is CCSc1nnnn1-c1ccc(NC(=O)c2ccc(Oc3cccc(C)c3)cc2)cc1. The Hall–Kier alpha value is -3.65. The van der Waals surface area contributed by atoms with Gasteiger partial charge in [0.15, 0.2) is 0 Å². The molecule has 156 valence electrons. The Labute approximate surface area is 184 Å². The molecule has 4 aromatic rings. The van der Waals surface area contributed by atoms with E-state index in [1.54, 1.807) is 40.7 Å². The number of nitrogens with zero attached hydrogens (tertiary/aromatic N) is 4. The van der Waals surface area contributed by atoms with Crippen LogP contribution in [0.15, 0.2) is 78.0 Å². The fraction of sp³-hybridized carbons (Fsp3) is 0.130. The molecule has 0 aliphatic heterocycles. The summed E-state index contributed by atoms with van der Waals surface area (Å²) in [4.78, 5) is 12.6. The first-order valence-corrected chi connectivity index (χ1v) is 10.8. The highest BCUT2D eigenvalue weighted by Crippen LogP contribution is 2.23. The van der Waals surface area contributed by atoms with Gasteiger partial charge in [0.05, 0.1) is 5.69 Å². The molecule has 0 saturated carbocycles. The van der Waals surface area contributed by atoms with Crippen molar-refractivity contribution in [1.29, 1.82) is 0 Å². The minimum absolute atomic E-state index is 0.195. The number of thioether (sulfide) groups is 1. The topological polar surface area (TPSA) is 81.9 Å². The normalized spacial score (nSPS) is 10.6. The number of carbonyl (C=O) groups is 1. The highest BCUT2D eigenvalue weighted by molar-refractivity contribution is 7.99. The summed E-state index contributed by atoms with van der Waals surface area (Å²) in [6.07, 6.45) is 0. The number of aryl methyl sites for hydroxylation is 1. The van der Waals surface area contributed by atoms with E-state index >= 15 is 0 Å². The van der Waals surface area contributed by atoms with E-state index in [-0.39, 0.29) is 5.91 Å². The summed E-state index contributed by atoms with van der Waals surface area (Å²) in [6, 6.07) is 22.2. The molecule has 3 aromatic carbocycles. The van der Waals surface area contributed by atoms with Crippen LogP contribution in [0.1, 0.15) is 22.8 Å². The highest BCUT2D eigenvalue weighted by Gasteiger charge is 2.10. The Bertz CT molecular complexity index is 1170. The molecule has 0 spiro atoms. The van der Waals surface area contributed by atoms with Crippen LogP contribution < -0.4 is 10.1 Å². The van der Waals surface area contributed by atoms with Gasteiger partial charge in [-0.25, -0.2) is 0 Å². The highest BCUT2D eigenvalue weighted by atomic mass is 32.2. The van der Waals surface area contributed by atoms with Crippen molar-refractivity contribution in [3.05, 3.63) is 83.9 Å². The Kier molecular flexibility index (Phi) is 6.28. The van der Waals surface area contributed by atoms with E-state index in [4.69, 9.17) is 4.74 Å². The number of rotatable bonds is 7. The van der Waals surface area contributed by atoms with Gasteiger partial charge in [-0.15, -0.1) is 5.10 Å². The van der Waals surface area contributed by atoms with E-state index in [0.717, 1.165) is 27.9 Å². The van der Waals surface area contributed by atoms with Gasteiger partial charge >= 0.3 is 0 Å². The molecule has 0 atom stereocenters. The van der Waals surface area contributed by atoms with Crippen LogP contribution in [0.4, 0.5) is 5.69 Å². The average molecular weight is 432 g/mol. The Morgan fingerprint density at radius 1 is 1.03 bits per heavy atom. The van der Waals surface area contributed by atoms with Crippen molar-refractivity contribution >= 4 is 23.4 Å². The molecular weight excluding hydrogens is 410 g/mol. The van der Waals surface area contributed by atoms with Gasteiger partial charge in [0.1, 0.15) is 11.5 Å². The zero-order valence-electron chi connectivity index (χ0n) is 17.1. The standard InChI is InChI=1S/C23H21N5O2S/c1-3-31-23-25-26-27-28(23)19-11-9-18(10-12-19)24-22(29)17-7-13-20(14-8-17)30-21-6-4-5-16(2)15-21/h4-15H,3H2,1-2H3,(H,24,29). The smallest absolute Gasteiger partial charge is 0.255 e. The first kappa shape index (κ1) is 20.6. The van der Waals surface area contributed by atoms with Crippen LogP contribution in [-0.4, -0.2) is 31.9 Å². The lowest BCUT2D eigenvalue weighted by molar-refractivity contribution is 0.102. The number of ether oxygens (including phenoxy) is 1. The molecule has 0 saturated heterocycles. The summed E-state index contributed by atoms with van der Waals surface area (Å²) < 4.78 is 7.51. The average Bonchev–Trinajstić information content (AvgIpc) is 3.23. The molecule has 0 unspecified atom stereocenters. The first-order chi connectivity index (χ1) is 15.1. The van der Waals surface area contributed by atoms with Gasteiger partial charge in [0.25, 0.3) is 5.91 Å². The lowest BCUT2D eigenvalue weighted by atomic mass is 10.2.